The van der Waals surface area contributed by atoms with E-state index in [1.807, 2.05) is 0 Å². The Morgan fingerprint density at radius 1 is 0.789 bits per heavy atom. The zero-order valence-electron chi connectivity index (χ0n) is 11.0. The van der Waals surface area contributed by atoms with E-state index in [1.54, 1.807) is 0 Å². The van der Waals surface area contributed by atoms with Gasteiger partial charge >= 0.3 is 0 Å². The van der Waals surface area contributed by atoms with Crippen molar-refractivity contribution in [2.24, 2.45) is 0 Å². The van der Waals surface area contributed by atoms with Crippen LogP contribution in [0, 0.1) is 0 Å². The van der Waals surface area contributed by atoms with Crippen LogP contribution in [0.2, 0.25) is 0 Å². The van der Waals surface area contributed by atoms with E-state index in [-0.39, 0.29) is 23.6 Å². The molecular formula is C11H22N2O4S2. The van der Waals surface area contributed by atoms with Gasteiger partial charge in [-0.05, 0) is 32.4 Å². The summed E-state index contributed by atoms with van der Waals surface area (Å²) >= 11 is 0. The molecule has 2 atom stereocenters. The molecular weight excluding hydrogens is 288 g/mol. The van der Waals surface area contributed by atoms with E-state index in [4.69, 9.17) is 0 Å². The summed E-state index contributed by atoms with van der Waals surface area (Å²) in [6, 6.07) is 0.189. The minimum absolute atomic E-state index is 0.0943. The summed E-state index contributed by atoms with van der Waals surface area (Å²) in [7, 11) is -5.62. The third-order valence-electron chi connectivity index (χ3n) is 3.68. The highest BCUT2D eigenvalue weighted by Crippen LogP contribution is 2.12. The first-order valence-corrected chi connectivity index (χ1v) is 10.4. The van der Waals surface area contributed by atoms with E-state index in [0.29, 0.717) is 24.3 Å². The molecule has 0 aromatic heterocycles. The quantitative estimate of drug-likeness (QED) is 0.607. The fourth-order valence-electron chi connectivity index (χ4n) is 2.61. The van der Waals surface area contributed by atoms with Gasteiger partial charge in [0.15, 0.2) is 19.7 Å². The molecule has 2 aliphatic heterocycles. The Morgan fingerprint density at radius 3 is 1.53 bits per heavy atom. The molecule has 2 saturated heterocycles. The normalized spacial score (nSPS) is 32.6. The number of hydrogen-bond acceptors (Lipinski definition) is 6. The third-order valence-corrected chi connectivity index (χ3v) is 7.22. The van der Waals surface area contributed by atoms with Gasteiger partial charge in [0.1, 0.15) is 0 Å². The lowest BCUT2D eigenvalue weighted by Gasteiger charge is -2.13. The Kier molecular flexibility index (Phi) is 4.86. The van der Waals surface area contributed by atoms with Crippen LogP contribution in [-0.2, 0) is 19.7 Å². The molecule has 0 radical (unpaired) electrons. The molecule has 2 aliphatic rings. The van der Waals surface area contributed by atoms with Crippen molar-refractivity contribution in [2.75, 3.05) is 36.1 Å². The number of rotatable bonds is 6. The minimum atomic E-state index is -2.81. The number of sulfone groups is 2. The Morgan fingerprint density at radius 2 is 1.21 bits per heavy atom. The summed E-state index contributed by atoms with van der Waals surface area (Å²) in [5, 5.41) is 6.48. The molecule has 2 heterocycles. The number of hydrogen-bond donors (Lipinski definition) is 2. The molecule has 2 unspecified atom stereocenters. The molecule has 2 rings (SSSR count). The SMILES string of the molecule is O=S1(=O)CCC(NCCCNC2CCS(=O)(=O)C2)C1. The van der Waals surface area contributed by atoms with Crippen molar-refractivity contribution in [3.8, 4) is 0 Å². The van der Waals surface area contributed by atoms with Crippen LogP contribution in [0.15, 0.2) is 0 Å². The van der Waals surface area contributed by atoms with Crippen LogP contribution in [0.4, 0.5) is 0 Å². The summed E-state index contributed by atoms with van der Waals surface area (Å²) in [4.78, 5) is 0. The Bertz CT molecular complexity index is 455. The van der Waals surface area contributed by atoms with Gasteiger partial charge in [-0.25, -0.2) is 16.8 Å². The van der Waals surface area contributed by atoms with Crippen LogP contribution in [-0.4, -0.2) is 65.0 Å². The molecule has 0 bridgehead atoms. The first-order valence-electron chi connectivity index (χ1n) is 6.74. The van der Waals surface area contributed by atoms with Crippen molar-refractivity contribution >= 4 is 19.7 Å². The van der Waals surface area contributed by atoms with E-state index < -0.39 is 19.7 Å². The molecule has 0 aromatic rings. The molecule has 0 saturated carbocycles. The molecule has 0 spiro atoms. The monoisotopic (exact) mass is 310 g/mol. The lowest BCUT2D eigenvalue weighted by molar-refractivity contribution is 0.500. The summed E-state index contributed by atoms with van der Waals surface area (Å²) in [5.74, 6) is 1.09. The molecule has 19 heavy (non-hydrogen) atoms. The molecule has 2 N–H and O–H groups in total. The highest BCUT2D eigenvalue weighted by Gasteiger charge is 2.28. The molecule has 2 fully saturated rings. The van der Waals surface area contributed by atoms with Crippen LogP contribution in [0.5, 0.6) is 0 Å². The van der Waals surface area contributed by atoms with E-state index >= 15 is 0 Å². The van der Waals surface area contributed by atoms with Crippen molar-refractivity contribution in [2.45, 2.75) is 31.3 Å². The maximum Gasteiger partial charge on any atom is 0.151 e. The average Bonchev–Trinajstić information content (AvgIpc) is 2.81. The van der Waals surface area contributed by atoms with Gasteiger partial charge in [-0.3, -0.25) is 0 Å². The van der Waals surface area contributed by atoms with Crippen LogP contribution in [0.25, 0.3) is 0 Å². The lowest BCUT2D eigenvalue weighted by atomic mass is 10.2. The summed E-state index contributed by atoms with van der Waals surface area (Å²) < 4.78 is 45.0. The van der Waals surface area contributed by atoms with Crippen molar-refractivity contribution in [1.29, 1.82) is 0 Å². The van der Waals surface area contributed by atoms with Crippen LogP contribution >= 0.6 is 0 Å². The van der Waals surface area contributed by atoms with Crippen molar-refractivity contribution in [1.82, 2.24) is 10.6 Å². The summed E-state index contributed by atoms with van der Waals surface area (Å²) in [5.41, 5.74) is 0. The lowest BCUT2D eigenvalue weighted by Crippen LogP contribution is -2.35. The summed E-state index contributed by atoms with van der Waals surface area (Å²) in [6.07, 6.45) is 2.29. The zero-order valence-corrected chi connectivity index (χ0v) is 12.6. The maximum atomic E-state index is 11.3. The fraction of sp³-hybridized carbons (Fsp3) is 1.00. The second kappa shape index (κ2) is 6.07. The predicted octanol–water partition coefficient (Wildman–Crippen LogP) is -1.07. The van der Waals surface area contributed by atoms with Gasteiger partial charge in [0.25, 0.3) is 0 Å². The topological polar surface area (TPSA) is 92.3 Å². The largest absolute Gasteiger partial charge is 0.313 e. The van der Waals surface area contributed by atoms with Gasteiger partial charge in [0, 0.05) is 12.1 Å². The smallest absolute Gasteiger partial charge is 0.151 e. The van der Waals surface area contributed by atoms with E-state index in [2.05, 4.69) is 10.6 Å². The Hall–Kier alpha value is -0.180. The van der Waals surface area contributed by atoms with E-state index in [0.717, 1.165) is 19.5 Å². The van der Waals surface area contributed by atoms with Gasteiger partial charge in [0.2, 0.25) is 0 Å². The second-order valence-corrected chi connectivity index (χ2v) is 9.92. The molecule has 6 nitrogen and oxygen atoms in total. The number of nitrogens with one attached hydrogen (secondary N) is 2. The molecule has 112 valence electrons. The molecule has 0 aromatic carbocycles. The van der Waals surface area contributed by atoms with Gasteiger partial charge in [-0.1, -0.05) is 0 Å². The van der Waals surface area contributed by atoms with E-state index in [9.17, 15) is 16.8 Å². The first-order chi connectivity index (χ1) is 8.86. The van der Waals surface area contributed by atoms with Crippen LogP contribution < -0.4 is 10.6 Å². The first kappa shape index (κ1) is 15.2. The molecule has 0 aliphatic carbocycles. The van der Waals surface area contributed by atoms with Gasteiger partial charge in [-0.15, -0.1) is 0 Å². The van der Waals surface area contributed by atoms with E-state index in [1.165, 1.54) is 0 Å². The Labute approximate surface area is 115 Å². The molecule has 8 heteroatoms. The maximum absolute atomic E-state index is 11.3. The zero-order chi connectivity index (χ0) is 13.9. The third kappa shape index (κ3) is 5.02. The highest BCUT2D eigenvalue weighted by molar-refractivity contribution is 7.91. The van der Waals surface area contributed by atoms with Crippen molar-refractivity contribution in [3.63, 3.8) is 0 Å². The van der Waals surface area contributed by atoms with Gasteiger partial charge in [0.05, 0.1) is 23.0 Å². The Balaban J connectivity index is 1.54. The molecule has 0 amide bonds. The predicted molar refractivity (Wildman–Crippen MR) is 74.7 cm³/mol. The van der Waals surface area contributed by atoms with Gasteiger partial charge in [-0.2, -0.15) is 0 Å². The summed E-state index contributed by atoms with van der Waals surface area (Å²) in [6.45, 7) is 1.54. The standard InChI is InChI=1S/C11H22N2O4S2/c14-18(15)6-2-10(8-18)12-4-1-5-13-11-3-7-19(16,17)9-11/h10-13H,1-9H2. The second-order valence-electron chi connectivity index (χ2n) is 5.46. The average molecular weight is 310 g/mol. The van der Waals surface area contributed by atoms with Crippen LogP contribution in [0.1, 0.15) is 19.3 Å². The van der Waals surface area contributed by atoms with Crippen LogP contribution in [0.3, 0.4) is 0 Å². The highest BCUT2D eigenvalue weighted by atomic mass is 32.2. The minimum Gasteiger partial charge on any atom is -0.313 e. The van der Waals surface area contributed by atoms with Crippen molar-refractivity contribution < 1.29 is 16.8 Å². The van der Waals surface area contributed by atoms with Gasteiger partial charge < -0.3 is 10.6 Å². The van der Waals surface area contributed by atoms with Crippen molar-refractivity contribution in [3.05, 3.63) is 0 Å². The fourth-order valence-corrected chi connectivity index (χ4v) is 6.03.